The van der Waals surface area contributed by atoms with Gasteiger partial charge in [0.1, 0.15) is 48.5 Å². The van der Waals surface area contributed by atoms with Crippen molar-refractivity contribution in [2.45, 2.75) is 65.6 Å². The average molecular weight is 779 g/mol. The highest BCUT2D eigenvalue weighted by molar-refractivity contribution is 7.89. The van der Waals surface area contributed by atoms with Gasteiger partial charge in [-0.2, -0.15) is 4.31 Å². The number of aliphatic hydroxyl groups is 3. The quantitative estimate of drug-likeness (QED) is 0.0411. The molecule has 0 radical (unpaired) electrons. The van der Waals surface area contributed by atoms with E-state index >= 15 is 0 Å². The van der Waals surface area contributed by atoms with Crippen molar-refractivity contribution in [1.82, 2.24) is 24.4 Å². The number of ether oxygens (including phenoxy) is 2. The first kappa shape index (κ1) is 36.7. The second-order valence-corrected chi connectivity index (χ2v) is 17.0. The van der Waals surface area contributed by atoms with Gasteiger partial charge in [0, 0.05) is 24.4 Å². The highest BCUT2D eigenvalue weighted by Gasteiger charge is 2.76. The van der Waals surface area contributed by atoms with Gasteiger partial charge in [0.25, 0.3) is 16.0 Å². The summed E-state index contributed by atoms with van der Waals surface area (Å²) in [6, 6.07) is 0. The number of nitrogens with two attached hydrogens (primary N) is 2. The van der Waals surface area contributed by atoms with Crippen LogP contribution in [0.3, 0.4) is 0 Å². The van der Waals surface area contributed by atoms with Gasteiger partial charge in [0.15, 0.2) is 23.9 Å². The third-order valence-corrected chi connectivity index (χ3v) is 12.9. The smallest absolute Gasteiger partial charge is 0.387 e. The molecule has 49 heavy (non-hydrogen) atoms. The van der Waals surface area contributed by atoms with Gasteiger partial charge < -0.3 is 60.7 Å². The van der Waals surface area contributed by atoms with Crippen LogP contribution in [0.2, 0.25) is 0 Å². The summed E-state index contributed by atoms with van der Waals surface area (Å²) < 4.78 is 66.7. The summed E-state index contributed by atoms with van der Waals surface area (Å²) in [4.78, 5) is 64.3. The van der Waals surface area contributed by atoms with Crippen LogP contribution in [0, 0.1) is 0 Å². The number of hydrogen-bond acceptors (Lipinski definition) is 18. The molecule has 0 saturated carbocycles. The molecule has 0 bridgehead atoms. The first-order chi connectivity index (χ1) is 22.8. The van der Waals surface area contributed by atoms with Crippen molar-refractivity contribution < 1.29 is 80.7 Å². The predicted molar refractivity (Wildman–Crippen MR) is 160 cm³/mol. The first-order valence-corrected chi connectivity index (χ1v) is 19.4. The van der Waals surface area contributed by atoms with Gasteiger partial charge in [0.2, 0.25) is 0 Å². The fraction of sp³-hybridized carbons (Fsp3) is 0.619. The molecule has 3 fully saturated rings. The highest BCUT2D eigenvalue weighted by atomic mass is 32.2. The van der Waals surface area contributed by atoms with Crippen molar-refractivity contribution in [3.8, 4) is 0 Å². The number of anilines is 1. The second-order valence-electron chi connectivity index (χ2n) is 11.2. The van der Waals surface area contributed by atoms with Crippen molar-refractivity contribution in [2.75, 3.05) is 18.9 Å². The molecule has 0 spiro atoms. The Bertz CT molecular complexity index is 1780. The number of nitrogens with zero attached hydrogens (tertiary/aromatic N) is 5. The van der Waals surface area contributed by atoms with E-state index in [-0.39, 0.29) is 17.0 Å². The van der Waals surface area contributed by atoms with E-state index in [1.54, 1.807) is 12.3 Å². The Morgan fingerprint density at radius 2 is 1.61 bits per heavy atom. The Labute approximate surface area is 278 Å². The van der Waals surface area contributed by atoms with Crippen LogP contribution in [0.15, 0.2) is 24.9 Å². The van der Waals surface area contributed by atoms with E-state index in [1.807, 2.05) is 0 Å². The van der Waals surface area contributed by atoms with E-state index in [1.165, 1.54) is 4.90 Å². The number of primary amides is 1. The number of phosphoric acid groups is 3. The van der Waals surface area contributed by atoms with Crippen molar-refractivity contribution in [2.24, 2.45) is 5.73 Å². The molecule has 0 aromatic carbocycles. The Kier molecular flexibility index (Phi) is 9.83. The zero-order valence-electron chi connectivity index (χ0n) is 24.5. The number of nitrogen functional groups attached to an aromatic ring is 1. The standard InChI is InChI=1S/C21H30N7O17P3S/c22-15-10-16(25-6-24-15)28(7-26-10)18-14(44-46(33,34)35)12(30)9(43-18)5-41-48(38,39)45-47(36,37)40-4-8-11(29)13(31)17(42-8)27-3-1-2-21(19(23)32)20(27)49-21/h1,3,6-9,11-14,17-18,20,29-31H,2,4-5H2,(H2,23,32)(H,36,37)(H,38,39)(H2,22,24,25)(H2,33,34,35)/p+1/t8-,9-,11-,12-,13-,14-,17-,18-,20-,21+/m1/s1. The Morgan fingerprint density at radius 1 is 0.980 bits per heavy atom. The zero-order valence-corrected chi connectivity index (χ0v) is 28.1. The molecule has 6 heterocycles. The van der Waals surface area contributed by atoms with Crippen molar-refractivity contribution in [3.05, 3.63) is 24.9 Å². The summed E-state index contributed by atoms with van der Waals surface area (Å²) in [6.45, 7) is -1.99. The molecule has 2 aromatic heterocycles. The van der Waals surface area contributed by atoms with Crippen LogP contribution in [0.1, 0.15) is 12.6 Å². The molecular formula is C21H31N7O17P3S+. The fourth-order valence-electron chi connectivity index (χ4n) is 5.64. The van der Waals surface area contributed by atoms with Crippen LogP contribution in [0.5, 0.6) is 0 Å². The lowest BCUT2D eigenvalue weighted by atomic mass is 10.0. The molecule has 3 saturated heterocycles. The fourth-order valence-corrected chi connectivity index (χ4v) is 9.68. The Morgan fingerprint density at radius 3 is 2.24 bits per heavy atom. The summed E-state index contributed by atoms with van der Waals surface area (Å²) in [6.07, 6.45) is -7.13. The minimum absolute atomic E-state index is 0.00801. The zero-order chi connectivity index (χ0) is 35.7. The molecule has 1 amide bonds. The molecule has 2 aromatic rings. The lowest BCUT2D eigenvalue weighted by molar-refractivity contribution is -0.122. The molecule has 11 N–H and O–H groups in total. The van der Waals surface area contributed by atoms with Gasteiger partial charge in [-0.05, 0) is 0 Å². The topological polar surface area (TPSA) is 364 Å². The maximum absolute atomic E-state index is 12.6. The summed E-state index contributed by atoms with van der Waals surface area (Å²) in [5.41, 5.74) is 11.3. The maximum atomic E-state index is 12.6. The number of allylic oxidation sites excluding steroid dienone is 1. The van der Waals surface area contributed by atoms with Gasteiger partial charge in [-0.25, -0.2) is 28.6 Å². The number of hydrogen-bond donors (Lipinski definition) is 9. The first-order valence-electron chi connectivity index (χ1n) is 14.0. The minimum Gasteiger partial charge on any atom is -0.387 e. The molecule has 272 valence electrons. The number of imidazole rings is 1. The van der Waals surface area contributed by atoms with E-state index in [4.69, 9.17) is 34.5 Å². The van der Waals surface area contributed by atoms with Gasteiger partial charge in [-0.3, -0.25) is 22.9 Å². The Balaban J connectivity index is 1.06. The summed E-state index contributed by atoms with van der Waals surface area (Å²) in [5.74, 6) is -0.604. The van der Waals surface area contributed by atoms with Crippen molar-refractivity contribution >= 4 is 58.1 Å². The van der Waals surface area contributed by atoms with E-state index in [0.29, 0.717) is 18.2 Å². The van der Waals surface area contributed by atoms with E-state index in [9.17, 15) is 53.4 Å². The van der Waals surface area contributed by atoms with Gasteiger partial charge in [-0.15, -0.1) is 0 Å². The average Bonchev–Trinajstić information content (AvgIpc) is 3.38. The largest absolute Gasteiger partial charge is 0.481 e. The summed E-state index contributed by atoms with van der Waals surface area (Å²) in [5, 5.41) is 31.4. The number of aromatic nitrogens is 4. The predicted octanol–water partition coefficient (Wildman–Crippen LogP) is -3.56. The summed E-state index contributed by atoms with van der Waals surface area (Å²) in [7, 11) is -16.2. The normalized spacial score (nSPS) is 36.8. The van der Waals surface area contributed by atoms with Crippen LogP contribution in [-0.4, -0.2) is 131 Å². The highest BCUT2D eigenvalue weighted by Crippen LogP contribution is 2.61. The molecule has 28 heteroatoms. The van der Waals surface area contributed by atoms with Gasteiger partial charge in [-0.1, -0.05) is 6.08 Å². The van der Waals surface area contributed by atoms with Crippen molar-refractivity contribution in [3.63, 3.8) is 0 Å². The molecule has 4 aliphatic heterocycles. The van der Waals surface area contributed by atoms with Crippen LogP contribution >= 0.6 is 23.5 Å². The monoisotopic (exact) mass is 778 g/mol. The van der Waals surface area contributed by atoms with E-state index in [2.05, 4.69) is 19.3 Å². The number of amides is 1. The molecular weight excluding hydrogens is 747 g/mol. The number of phosphoric ester groups is 3. The summed E-state index contributed by atoms with van der Waals surface area (Å²) >= 11 is 0.664. The number of carbonyl (C=O) groups excluding carboxylic acids is 1. The maximum Gasteiger partial charge on any atom is 0.481 e. The van der Waals surface area contributed by atoms with Crippen LogP contribution < -0.4 is 11.5 Å². The van der Waals surface area contributed by atoms with E-state index < -0.39 is 102 Å². The minimum atomic E-state index is -5.52. The number of fused-ring (bicyclic) bond motifs is 2. The second kappa shape index (κ2) is 13.1. The SMILES string of the molecule is NC(=O)[C@@]12CC=CN([C@@H]3O[C@H](COP(=O)(O)OP(=O)(O)OC[C@H]4O[C@@H](n5cnc6c(N)ncnc65)[C@H](OP(=O)(O)O)[C@@H]4O)[C@@H](O)[C@H]3O)[C@@H]1[SH+]2. The van der Waals surface area contributed by atoms with Crippen molar-refractivity contribution in [1.29, 1.82) is 0 Å². The molecule has 2 unspecified atom stereocenters. The van der Waals surface area contributed by atoms with Crippen LogP contribution in [-0.2, 0) is 57.6 Å². The third-order valence-electron chi connectivity index (χ3n) is 8.00. The molecule has 12 atom stereocenters. The Hall–Kier alpha value is -2.12. The lowest BCUT2D eigenvalue weighted by Gasteiger charge is -2.28. The number of rotatable bonds is 13. The molecule has 24 nitrogen and oxygen atoms in total. The number of thiol groups is 1. The lowest BCUT2D eigenvalue weighted by Crippen LogP contribution is -2.48. The molecule has 0 aliphatic carbocycles. The molecule has 6 rings (SSSR count). The van der Waals surface area contributed by atoms with Gasteiger partial charge >= 0.3 is 23.5 Å². The van der Waals surface area contributed by atoms with Gasteiger partial charge in [0.05, 0.1) is 19.5 Å². The van der Waals surface area contributed by atoms with Crippen LogP contribution in [0.25, 0.3) is 11.2 Å². The number of carbonyl (C=O) groups is 1. The van der Waals surface area contributed by atoms with Crippen LogP contribution in [0.4, 0.5) is 5.82 Å². The molecule has 4 aliphatic rings. The van der Waals surface area contributed by atoms with E-state index in [0.717, 1.165) is 17.2 Å². The third kappa shape index (κ3) is 7.32. The number of aliphatic hydroxyl groups excluding tert-OH is 3.